The van der Waals surface area contributed by atoms with E-state index in [1.54, 1.807) is 18.9 Å². The smallest absolute Gasteiger partial charge is 0.139 e. The lowest BCUT2D eigenvalue weighted by Crippen LogP contribution is -2.19. The summed E-state index contributed by atoms with van der Waals surface area (Å²) in [5.74, 6) is 2.20. The molecule has 1 aromatic rings. The summed E-state index contributed by atoms with van der Waals surface area (Å²) < 4.78 is 5.20. The largest absolute Gasteiger partial charge is 0.497 e. The van der Waals surface area contributed by atoms with E-state index in [1.807, 2.05) is 18.2 Å². The number of amidine groups is 1. The standard InChI is InChI=1S/C13H18N2O2S/c1-17-10-3-2-4-11(7-10)18-9-13(5-6-13)8-12(14)15-16/h2-4,7,16H,5-6,8-9H2,1H3,(H2,14,15). The molecule has 1 saturated carbocycles. The zero-order valence-electron chi connectivity index (χ0n) is 10.4. The topological polar surface area (TPSA) is 67.8 Å². The molecule has 1 aromatic carbocycles. The maximum absolute atomic E-state index is 8.62. The summed E-state index contributed by atoms with van der Waals surface area (Å²) in [6, 6.07) is 8.04. The molecule has 0 heterocycles. The summed E-state index contributed by atoms with van der Waals surface area (Å²) in [5, 5.41) is 11.7. The minimum Gasteiger partial charge on any atom is -0.497 e. The number of hydrogen-bond acceptors (Lipinski definition) is 4. The fourth-order valence-electron chi connectivity index (χ4n) is 1.90. The summed E-state index contributed by atoms with van der Waals surface area (Å²) in [4.78, 5) is 1.19. The van der Waals surface area contributed by atoms with Crippen molar-refractivity contribution in [3.8, 4) is 5.75 Å². The lowest BCUT2D eigenvalue weighted by Gasteiger charge is -2.13. The molecular weight excluding hydrogens is 248 g/mol. The van der Waals surface area contributed by atoms with E-state index >= 15 is 0 Å². The Balaban J connectivity index is 1.91. The minimum absolute atomic E-state index is 0.226. The van der Waals surface area contributed by atoms with Gasteiger partial charge in [0.1, 0.15) is 11.6 Å². The Hall–Kier alpha value is -1.36. The normalized spacial score (nSPS) is 17.5. The van der Waals surface area contributed by atoms with Crippen LogP contribution in [0.5, 0.6) is 5.75 Å². The quantitative estimate of drug-likeness (QED) is 0.273. The molecule has 0 atom stereocenters. The Morgan fingerprint density at radius 3 is 2.94 bits per heavy atom. The number of nitrogens with two attached hydrogens (primary N) is 1. The Labute approximate surface area is 111 Å². The highest BCUT2D eigenvalue weighted by Gasteiger charge is 2.43. The summed E-state index contributed by atoms with van der Waals surface area (Å²) in [6.07, 6.45) is 2.99. The molecule has 98 valence electrons. The monoisotopic (exact) mass is 266 g/mol. The molecule has 0 spiro atoms. The average molecular weight is 266 g/mol. The third-order valence-corrected chi connectivity index (χ3v) is 4.57. The number of rotatable bonds is 6. The van der Waals surface area contributed by atoms with E-state index in [0.717, 1.165) is 24.3 Å². The number of thioether (sulfide) groups is 1. The van der Waals surface area contributed by atoms with Crippen molar-refractivity contribution in [2.75, 3.05) is 12.9 Å². The molecular formula is C13H18N2O2S. The summed E-state index contributed by atoms with van der Waals surface area (Å²) in [5.41, 5.74) is 5.81. The summed E-state index contributed by atoms with van der Waals surface area (Å²) in [7, 11) is 1.67. The molecule has 1 aliphatic rings. The molecule has 2 rings (SSSR count). The van der Waals surface area contributed by atoms with Crippen LogP contribution >= 0.6 is 11.8 Å². The Morgan fingerprint density at radius 1 is 1.56 bits per heavy atom. The second-order valence-electron chi connectivity index (χ2n) is 4.74. The van der Waals surface area contributed by atoms with Gasteiger partial charge in [-0.05, 0) is 36.5 Å². The van der Waals surface area contributed by atoms with Gasteiger partial charge in [0.05, 0.1) is 7.11 Å². The van der Waals surface area contributed by atoms with Gasteiger partial charge in [0, 0.05) is 17.1 Å². The molecule has 0 bridgehead atoms. The van der Waals surface area contributed by atoms with Gasteiger partial charge in [0.25, 0.3) is 0 Å². The molecule has 3 N–H and O–H groups in total. The van der Waals surface area contributed by atoms with E-state index in [4.69, 9.17) is 15.7 Å². The molecule has 1 aliphatic carbocycles. The van der Waals surface area contributed by atoms with E-state index in [9.17, 15) is 0 Å². The molecule has 4 nitrogen and oxygen atoms in total. The van der Waals surface area contributed by atoms with Crippen LogP contribution in [0.15, 0.2) is 34.3 Å². The molecule has 0 aromatic heterocycles. The summed E-state index contributed by atoms with van der Waals surface area (Å²) >= 11 is 1.80. The molecule has 0 unspecified atom stereocenters. The number of nitrogens with zero attached hydrogens (tertiary/aromatic N) is 1. The fourth-order valence-corrected chi connectivity index (χ4v) is 3.13. The number of benzene rings is 1. The maximum Gasteiger partial charge on any atom is 0.139 e. The highest BCUT2D eigenvalue weighted by molar-refractivity contribution is 7.99. The first-order chi connectivity index (χ1) is 8.67. The van der Waals surface area contributed by atoms with Crippen molar-refractivity contribution in [1.29, 1.82) is 0 Å². The first-order valence-corrected chi connectivity index (χ1v) is 6.89. The molecule has 0 saturated heterocycles. The molecule has 0 amide bonds. The Morgan fingerprint density at radius 2 is 2.33 bits per heavy atom. The van der Waals surface area contributed by atoms with Crippen LogP contribution in [0.25, 0.3) is 0 Å². The minimum atomic E-state index is 0.226. The second kappa shape index (κ2) is 5.52. The van der Waals surface area contributed by atoms with Crippen molar-refractivity contribution in [2.45, 2.75) is 24.2 Å². The Kier molecular flexibility index (Phi) is 4.01. The van der Waals surface area contributed by atoms with Gasteiger partial charge >= 0.3 is 0 Å². The highest BCUT2D eigenvalue weighted by atomic mass is 32.2. The van der Waals surface area contributed by atoms with Crippen LogP contribution < -0.4 is 10.5 Å². The predicted molar refractivity (Wildman–Crippen MR) is 73.4 cm³/mol. The van der Waals surface area contributed by atoms with Crippen molar-refractivity contribution in [2.24, 2.45) is 16.3 Å². The molecule has 0 aliphatic heterocycles. The van der Waals surface area contributed by atoms with Gasteiger partial charge in [-0.3, -0.25) is 0 Å². The predicted octanol–water partition coefficient (Wildman–Crippen LogP) is 2.70. The first-order valence-electron chi connectivity index (χ1n) is 5.91. The number of ether oxygens (including phenoxy) is 1. The van der Waals surface area contributed by atoms with Crippen molar-refractivity contribution in [3.05, 3.63) is 24.3 Å². The van der Waals surface area contributed by atoms with Crippen LogP contribution in [-0.2, 0) is 0 Å². The number of methoxy groups -OCH3 is 1. The van der Waals surface area contributed by atoms with Crippen LogP contribution in [0.2, 0.25) is 0 Å². The van der Waals surface area contributed by atoms with Crippen molar-refractivity contribution in [1.82, 2.24) is 0 Å². The lowest BCUT2D eigenvalue weighted by atomic mass is 10.1. The van der Waals surface area contributed by atoms with Gasteiger partial charge in [-0.25, -0.2) is 0 Å². The molecule has 1 fully saturated rings. The van der Waals surface area contributed by atoms with Gasteiger partial charge in [0.15, 0.2) is 0 Å². The van der Waals surface area contributed by atoms with E-state index in [1.165, 1.54) is 4.90 Å². The number of oxime groups is 1. The first kappa shape index (κ1) is 13.1. The SMILES string of the molecule is COc1cccc(SCC2(CC(N)=NO)CC2)c1. The average Bonchev–Trinajstić information content (AvgIpc) is 3.17. The van der Waals surface area contributed by atoms with Gasteiger partial charge in [0.2, 0.25) is 0 Å². The van der Waals surface area contributed by atoms with E-state index in [0.29, 0.717) is 12.3 Å². The van der Waals surface area contributed by atoms with E-state index < -0.39 is 0 Å². The van der Waals surface area contributed by atoms with Crippen LogP contribution in [0, 0.1) is 5.41 Å². The second-order valence-corrected chi connectivity index (χ2v) is 5.78. The maximum atomic E-state index is 8.62. The van der Waals surface area contributed by atoms with Crippen molar-refractivity contribution >= 4 is 17.6 Å². The van der Waals surface area contributed by atoms with Crippen LogP contribution in [-0.4, -0.2) is 23.9 Å². The van der Waals surface area contributed by atoms with Gasteiger partial charge in [-0.1, -0.05) is 11.2 Å². The third kappa shape index (κ3) is 3.32. The van der Waals surface area contributed by atoms with Crippen molar-refractivity contribution < 1.29 is 9.94 Å². The van der Waals surface area contributed by atoms with Crippen LogP contribution in [0.1, 0.15) is 19.3 Å². The molecule has 18 heavy (non-hydrogen) atoms. The van der Waals surface area contributed by atoms with Crippen LogP contribution in [0.4, 0.5) is 0 Å². The summed E-state index contributed by atoms with van der Waals surface area (Å²) in [6.45, 7) is 0. The fraction of sp³-hybridized carbons (Fsp3) is 0.462. The Bertz CT molecular complexity index is 444. The van der Waals surface area contributed by atoms with Crippen LogP contribution in [0.3, 0.4) is 0 Å². The number of hydrogen-bond donors (Lipinski definition) is 2. The van der Waals surface area contributed by atoms with E-state index in [2.05, 4.69) is 11.2 Å². The molecule has 5 heteroatoms. The third-order valence-electron chi connectivity index (χ3n) is 3.23. The lowest BCUT2D eigenvalue weighted by molar-refractivity contribution is 0.315. The highest BCUT2D eigenvalue weighted by Crippen LogP contribution is 2.52. The molecule has 0 radical (unpaired) electrons. The van der Waals surface area contributed by atoms with Gasteiger partial charge in [-0.15, -0.1) is 11.8 Å². The zero-order valence-corrected chi connectivity index (χ0v) is 11.2. The van der Waals surface area contributed by atoms with E-state index in [-0.39, 0.29) is 5.41 Å². The van der Waals surface area contributed by atoms with Gasteiger partial charge in [-0.2, -0.15) is 0 Å². The zero-order chi connectivity index (χ0) is 13.0. The van der Waals surface area contributed by atoms with Gasteiger partial charge < -0.3 is 15.7 Å². The van der Waals surface area contributed by atoms with Crippen molar-refractivity contribution in [3.63, 3.8) is 0 Å².